The van der Waals surface area contributed by atoms with Crippen LogP contribution < -0.4 is 5.32 Å². The third kappa shape index (κ3) is 6.43. The van der Waals surface area contributed by atoms with E-state index in [0.29, 0.717) is 11.4 Å². The number of hydrogen-bond acceptors (Lipinski definition) is 6. The van der Waals surface area contributed by atoms with Crippen molar-refractivity contribution in [3.63, 3.8) is 0 Å². The first-order valence-corrected chi connectivity index (χ1v) is 16.2. The van der Waals surface area contributed by atoms with Crippen LogP contribution in [0.25, 0.3) is 0 Å². The largest absolute Gasteiger partial charge is 0.348 e. The van der Waals surface area contributed by atoms with Gasteiger partial charge in [0.15, 0.2) is 9.84 Å². The zero-order chi connectivity index (χ0) is 26.0. The summed E-state index contributed by atoms with van der Waals surface area (Å²) in [6.45, 7) is 3.98. The quantitative estimate of drug-likeness (QED) is 0.475. The van der Waals surface area contributed by atoms with Gasteiger partial charge in [0.05, 0.1) is 16.4 Å². The van der Waals surface area contributed by atoms with Gasteiger partial charge >= 0.3 is 0 Å². The van der Waals surface area contributed by atoms with Gasteiger partial charge in [0.25, 0.3) is 0 Å². The fourth-order valence-electron chi connectivity index (χ4n) is 5.82. The minimum absolute atomic E-state index is 0. The van der Waals surface area contributed by atoms with Gasteiger partial charge in [-0.2, -0.15) is 0 Å². The maximum atomic E-state index is 13.4. The number of sulfone groups is 1. The molecule has 3 fully saturated rings. The highest BCUT2D eigenvalue weighted by atomic mass is 35.5. The Kier molecular flexibility index (Phi) is 9.22. The summed E-state index contributed by atoms with van der Waals surface area (Å²) in [4.78, 5) is 31.9. The van der Waals surface area contributed by atoms with Gasteiger partial charge in [-0.3, -0.25) is 9.59 Å². The highest BCUT2D eigenvalue weighted by molar-refractivity contribution is 7.90. The van der Waals surface area contributed by atoms with Crippen LogP contribution in [0.5, 0.6) is 0 Å². The van der Waals surface area contributed by atoms with Crippen LogP contribution in [0.2, 0.25) is 0 Å². The van der Waals surface area contributed by atoms with Crippen LogP contribution in [0.3, 0.4) is 0 Å². The van der Waals surface area contributed by atoms with Gasteiger partial charge < -0.3 is 15.1 Å². The average Bonchev–Trinajstić information content (AvgIpc) is 3.47. The van der Waals surface area contributed by atoms with Crippen LogP contribution in [0.4, 0.5) is 0 Å². The lowest BCUT2D eigenvalue weighted by atomic mass is 9.77. The first kappa shape index (κ1) is 29.1. The van der Waals surface area contributed by atoms with Gasteiger partial charge in [0.2, 0.25) is 11.8 Å². The van der Waals surface area contributed by atoms with Gasteiger partial charge in [-0.05, 0) is 80.8 Å². The molecule has 38 heavy (non-hydrogen) atoms. The zero-order valence-corrected chi connectivity index (χ0v) is 24.4. The third-order valence-electron chi connectivity index (χ3n) is 8.55. The van der Waals surface area contributed by atoms with Gasteiger partial charge in [-0.1, -0.05) is 24.6 Å². The molecule has 2 aliphatic heterocycles. The Morgan fingerprint density at radius 2 is 1.79 bits per heavy atom. The maximum Gasteiger partial charge on any atom is 0.229 e. The number of carbonyl (C=O) groups is 2. The first-order valence-electron chi connectivity index (χ1n) is 13.4. The predicted octanol–water partition coefficient (Wildman–Crippen LogP) is 4.44. The predicted molar refractivity (Wildman–Crippen MR) is 152 cm³/mol. The molecule has 2 aromatic rings. The van der Waals surface area contributed by atoms with E-state index in [-0.39, 0.29) is 41.6 Å². The number of nitrogens with one attached hydrogen (secondary N) is 1. The molecule has 1 aromatic carbocycles. The van der Waals surface area contributed by atoms with Crippen LogP contribution in [-0.2, 0) is 26.0 Å². The standard InChI is InChI=1S/C28H37N3O4S2.ClH/c1-37(34,35)23-9-7-21(8-10-23)20-31-18-14-28(27(31)33)12-16-30(17-13-28)15-11-24(25-6-3-19-36-25)29-26(32)22-4-2-5-22;/h3,6-10,19,22,24H,2,4-5,11-18,20H2,1H3,(H,29,32);1H. The molecule has 0 bridgehead atoms. The number of hydrogen-bond donors (Lipinski definition) is 1. The Balaban J connectivity index is 0.00000336. The van der Waals surface area contributed by atoms with E-state index in [9.17, 15) is 18.0 Å². The second-order valence-electron chi connectivity index (χ2n) is 11.0. The lowest BCUT2D eigenvalue weighted by Crippen LogP contribution is -2.45. The van der Waals surface area contributed by atoms with Crippen LogP contribution in [-0.4, -0.2) is 62.5 Å². The molecule has 2 saturated heterocycles. The molecule has 2 amide bonds. The average molecular weight is 580 g/mol. The second kappa shape index (κ2) is 12.1. The molecule has 5 rings (SSSR count). The molecule has 3 heterocycles. The van der Waals surface area contributed by atoms with E-state index in [4.69, 9.17) is 0 Å². The molecule has 1 N–H and O–H groups in total. The van der Waals surface area contributed by atoms with Gasteiger partial charge in [-0.25, -0.2) is 8.42 Å². The lowest BCUT2D eigenvalue weighted by molar-refractivity contribution is -0.139. The van der Waals surface area contributed by atoms with Crippen molar-refractivity contribution >= 4 is 45.4 Å². The summed E-state index contributed by atoms with van der Waals surface area (Å²) in [5, 5.41) is 5.38. The van der Waals surface area contributed by atoms with Crippen LogP contribution in [0.1, 0.15) is 61.4 Å². The molecule has 3 aliphatic rings. The molecule has 1 saturated carbocycles. The summed E-state index contributed by atoms with van der Waals surface area (Å²) < 4.78 is 23.4. The van der Waals surface area contributed by atoms with Gasteiger partial charge in [-0.15, -0.1) is 23.7 Å². The molecule has 1 unspecified atom stereocenters. The van der Waals surface area contributed by atoms with Crippen LogP contribution >= 0.6 is 23.7 Å². The fourth-order valence-corrected chi connectivity index (χ4v) is 7.26. The Morgan fingerprint density at radius 1 is 1.11 bits per heavy atom. The van der Waals surface area contributed by atoms with Crippen molar-refractivity contribution in [1.82, 2.24) is 15.1 Å². The lowest BCUT2D eigenvalue weighted by Gasteiger charge is -2.38. The van der Waals surface area contributed by atoms with Crippen LogP contribution in [0.15, 0.2) is 46.7 Å². The van der Waals surface area contributed by atoms with Gasteiger partial charge in [0, 0.05) is 36.7 Å². The van der Waals surface area contributed by atoms with Crippen molar-refractivity contribution in [3.8, 4) is 0 Å². The number of nitrogens with zero attached hydrogens (tertiary/aromatic N) is 2. The number of carbonyl (C=O) groups excluding carboxylic acids is 2. The summed E-state index contributed by atoms with van der Waals surface area (Å²) in [6.07, 6.45) is 7.88. The van der Waals surface area contributed by atoms with Crippen molar-refractivity contribution in [2.24, 2.45) is 11.3 Å². The number of rotatable bonds is 9. The molecular weight excluding hydrogens is 542 g/mol. The molecule has 0 radical (unpaired) electrons. The summed E-state index contributed by atoms with van der Waals surface area (Å²) in [6, 6.07) is 11.1. The number of amides is 2. The summed E-state index contributed by atoms with van der Waals surface area (Å²) >= 11 is 1.70. The van der Waals surface area contributed by atoms with Crippen molar-refractivity contribution in [2.75, 3.05) is 32.4 Å². The molecule has 10 heteroatoms. The summed E-state index contributed by atoms with van der Waals surface area (Å²) in [7, 11) is -3.22. The number of thiophene rings is 1. The van der Waals surface area contributed by atoms with Crippen molar-refractivity contribution in [1.29, 1.82) is 0 Å². The number of halogens is 1. The van der Waals surface area contributed by atoms with E-state index >= 15 is 0 Å². The molecular formula is C28H38ClN3O4S2. The Labute approximate surface area is 236 Å². The van der Waals surface area contributed by atoms with E-state index < -0.39 is 9.84 Å². The van der Waals surface area contributed by atoms with E-state index in [2.05, 4.69) is 21.7 Å². The summed E-state index contributed by atoms with van der Waals surface area (Å²) in [5.74, 6) is 0.625. The minimum Gasteiger partial charge on any atom is -0.348 e. The number of likely N-dealkylation sites (tertiary alicyclic amines) is 2. The SMILES string of the molecule is CS(=O)(=O)c1ccc(CN2CCC3(CCN(CCC(NC(=O)C4CCC4)c4cccs4)CC3)C2=O)cc1.Cl. The van der Waals surface area contributed by atoms with Gasteiger partial charge in [0.1, 0.15) is 0 Å². The van der Waals surface area contributed by atoms with E-state index in [1.807, 2.05) is 23.1 Å². The second-order valence-corrected chi connectivity index (χ2v) is 14.0. The van der Waals surface area contributed by atoms with Crippen molar-refractivity contribution in [2.45, 2.75) is 62.4 Å². The maximum absolute atomic E-state index is 13.4. The number of piperidine rings is 1. The zero-order valence-electron chi connectivity index (χ0n) is 21.9. The monoisotopic (exact) mass is 579 g/mol. The molecule has 1 aromatic heterocycles. The van der Waals surface area contributed by atoms with E-state index in [1.165, 1.54) is 11.1 Å². The number of benzene rings is 1. The highest BCUT2D eigenvalue weighted by Gasteiger charge is 2.47. The van der Waals surface area contributed by atoms with Crippen molar-refractivity contribution < 1.29 is 18.0 Å². The smallest absolute Gasteiger partial charge is 0.229 e. The fraction of sp³-hybridized carbons (Fsp3) is 0.571. The summed E-state index contributed by atoms with van der Waals surface area (Å²) in [5.41, 5.74) is 0.688. The molecule has 1 aliphatic carbocycles. The Hall–Kier alpha value is -1.94. The topological polar surface area (TPSA) is 86.8 Å². The molecule has 7 nitrogen and oxygen atoms in total. The van der Waals surface area contributed by atoms with E-state index in [1.54, 1.807) is 23.5 Å². The van der Waals surface area contributed by atoms with E-state index in [0.717, 1.165) is 76.7 Å². The normalized spacial score (nSPS) is 20.7. The molecule has 208 valence electrons. The first-order chi connectivity index (χ1) is 17.7. The Morgan fingerprint density at radius 3 is 2.37 bits per heavy atom. The molecule has 1 atom stereocenters. The minimum atomic E-state index is -3.22. The third-order valence-corrected chi connectivity index (χ3v) is 10.7. The molecule has 1 spiro atoms. The highest BCUT2D eigenvalue weighted by Crippen LogP contribution is 2.42. The Bertz CT molecular complexity index is 1210. The van der Waals surface area contributed by atoms with Crippen LogP contribution in [0, 0.1) is 11.3 Å². The van der Waals surface area contributed by atoms with Crippen molar-refractivity contribution in [3.05, 3.63) is 52.2 Å².